The second-order valence-electron chi connectivity index (χ2n) is 4.09. The molecule has 3 rings (SSSR count). The van der Waals surface area contributed by atoms with Gasteiger partial charge in [-0.1, -0.05) is 11.2 Å². The molecule has 0 spiro atoms. The molecule has 2 aliphatic rings. The Morgan fingerprint density at radius 1 is 1.35 bits per heavy atom. The summed E-state index contributed by atoms with van der Waals surface area (Å²) in [5.41, 5.74) is 1.72. The number of oxime groups is 1. The Balaban J connectivity index is 1.82. The summed E-state index contributed by atoms with van der Waals surface area (Å²) in [6.45, 7) is 2.05. The number of benzene rings is 1. The van der Waals surface area contributed by atoms with E-state index in [9.17, 15) is 4.79 Å². The first kappa shape index (κ1) is 10.1. The largest absolute Gasteiger partial charge is 0.454 e. The molecule has 2 heterocycles. The van der Waals surface area contributed by atoms with Crippen LogP contribution in [0, 0.1) is 5.92 Å². The number of carbonyl (C=O) groups is 1. The minimum absolute atomic E-state index is 0.255. The lowest BCUT2D eigenvalue weighted by Crippen LogP contribution is -2.18. The van der Waals surface area contributed by atoms with Crippen molar-refractivity contribution in [3.05, 3.63) is 23.8 Å². The molecule has 0 saturated heterocycles. The second-order valence-corrected chi connectivity index (χ2v) is 4.09. The highest BCUT2D eigenvalue weighted by Crippen LogP contribution is 2.33. The number of carbonyl (C=O) groups excluding carboxylic acids is 1. The molecular formula is C12H11NO4. The summed E-state index contributed by atoms with van der Waals surface area (Å²) >= 11 is 0. The highest BCUT2D eigenvalue weighted by atomic mass is 16.7. The number of nitrogens with zero attached hydrogens (tertiary/aromatic N) is 1. The summed E-state index contributed by atoms with van der Waals surface area (Å²) < 4.78 is 10.5. The predicted molar refractivity (Wildman–Crippen MR) is 59.0 cm³/mol. The maximum atomic E-state index is 11.4. The van der Waals surface area contributed by atoms with E-state index >= 15 is 0 Å². The zero-order valence-corrected chi connectivity index (χ0v) is 9.30. The molecule has 0 aliphatic carbocycles. The number of hydrogen-bond acceptors (Lipinski definition) is 5. The highest BCUT2D eigenvalue weighted by molar-refractivity contribution is 6.03. The molecular weight excluding hydrogens is 222 g/mol. The van der Waals surface area contributed by atoms with Gasteiger partial charge in [0.2, 0.25) is 6.79 Å². The van der Waals surface area contributed by atoms with Crippen molar-refractivity contribution in [1.82, 2.24) is 0 Å². The standard InChI is InChI=1S/C12H11NO4/c1-7-9(12(14)17-13-7)4-8-2-3-10-11(5-8)16-6-15-10/h2-3,5,9H,4,6H2,1H3. The van der Waals surface area contributed by atoms with Crippen molar-refractivity contribution in [1.29, 1.82) is 0 Å². The SMILES string of the molecule is CC1=NOC(=O)C1Cc1ccc2c(c1)OCO2. The molecule has 1 unspecified atom stereocenters. The molecule has 5 heteroatoms. The van der Waals surface area contributed by atoms with E-state index in [1.165, 1.54) is 0 Å². The first-order chi connectivity index (χ1) is 8.24. The smallest absolute Gasteiger partial charge is 0.344 e. The zero-order valence-electron chi connectivity index (χ0n) is 9.30. The normalized spacial score (nSPS) is 21.4. The monoisotopic (exact) mass is 233 g/mol. The van der Waals surface area contributed by atoms with Gasteiger partial charge in [-0.05, 0) is 31.0 Å². The Kier molecular flexibility index (Phi) is 2.24. The molecule has 0 radical (unpaired) electrons. The van der Waals surface area contributed by atoms with E-state index in [1.54, 1.807) is 6.92 Å². The van der Waals surface area contributed by atoms with Gasteiger partial charge < -0.3 is 14.3 Å². The van der Waals surface area contributed by atoms with Gasteiger partial charge >= 0.3 is 5.97 Å². The van der Waals surface area contributed by atoms with Crippen LogP contribution in [0.25, 0.3) is 0 Å². The van der Waals surface area contributed by atoms with Gasteiger partial charge in [0.05, 0.1) is 5.71 Å². The van der Waals surface area contributed by atoms with Crippen molar-refractivity contribution in [3.63, 3.8) is 0 Å². The molecule has 0 bridgehead atoms. The molecule has 88 valence electrons. The molecule has 2 aliphatic heterocycles. The van der Waals surface area contributed by atoms with Crippen LogP contribution in [0.5, 0.6) is 11.5 Å². The average Bonchev–Trinajstić information content (AvgIpc) is 2.90. The van der Waals surface area contributed by atoms with E-state index in [2.05, 4.69) is 9.99 Å². The van der Waals surface area contributed by atoms with Crippen molar-refractivity contribution in [3.8, 4) is 11.5 Å². The molecule has 0 N–H and O–H groups in total. The molecule has 0 amide bonds. The van der Waals surface area contributed by atoms with Crippen molar-refractivity contribution in [2.24, 2.45) is 11.1 Å². The van der Waals surface area contributed by atoms with Crippen LogP contribution in [0.1, 0.15) is 12.5 Å². The minimum Gasteiger partial charge on any atom is -0.454 e. The van der Waals surface area contributed by atoms with Gasteiger partial charge in [-0.25, -0.2) is 4.79 Å². The van der Waals surface area contributed by atoms with E-state index in [-0.39, 0.29) is 18.7 Å². The van der Waals surface area contributed by atoms with Gasteiger partial charge in [0.25, 0.3) is 0 Å². The van der Waals surface area contributed by atoms with Gasteiger partial charge in [-0.15, -0.1) is 0 Å². The lowest BCUT2D eigenvalue weighted by Gasteiger charge is -2.06. The third-order valence-corrected chi connectivity index (χ3v) is 2.95. The van der Waals surface area contributed by atoms with E-state index < -0.39 is 0 Å². The van der Waals surface area contributed by atoms with Crippen LogP contribution in [0.3, 0.4) is 0 Å². The Morgan fingerprint density at radius 3 is 2.94 bits per heavy atom. The summed E-state index contributed by atoms with van der Waals surface area (Å²) in [6.07, 6.45) is 0.574. The Bertz CT molecular complexity index is 509. The lowest BCUT2D eigenvalue weighted by molar-refractivity contribution is -0.143. The van der Waals surface area contributed by atoms with Gasteiger partial charge in [-0.2, -0.15) is 0 Å². The number of hydrogen-bond donors (Lipinski definition) is 0. The van der Waals surface area contributed by atoms with Gasteiger partial charge in [0, 0.05) is 0 Å². The van der Waals surface area contributed by atoms with Crippen LogP contribution < -0.4 is 9.47 Å². The lowest BCUT2D eigenvalue weighted by atomic mass is 9.96. The molecule has 0 aromatic heterocycles. The molecule has 1 atom stereocenters. The van der Waals surface area contributed by atoms with Crippen LogP contribution >= 0.6 is 0 Å². The molecule has 0 fully saturated rings. The molecule has 1 aromatic carbocycles. The topological polar surface area (TPSA) is 57.1 Å². The Labute approximate surface area is 98.0 Å². The van der Waals surface area contributed by atoms with Gasteiger partial charge in [0.1, 0.15) is 5.92 Å². The number of fused-ring (bicyclic) bond motifs is 1. The van der Waals surface area contributed by atoms with Crippen LogP contribution in [0.2, 0.25) is 0 Å². The van der Waals surface area contributed by atoms with Crippen LogP contribution in [-0.4, -0.2) is 18.5 Å². The van der Waals surface area contributed by atoms with Crippen LogP contribution in [-0.2, 0) is 16.1 Å². The zero-order chi connectivity index (χ0) is 11.8. The fourth-order valence-electron chi connectivity index (χ4n) is 1.95. The fourth-order valence-corrected chi connectivity index (χ4v) is 1.95. The summed E-state index contributed by atoms with van der Waals surface area (Å²) in [5.74, 6) is 0.895. The maximum Gasteiger partial charge on any atom is 0.344 e. The number of rotatable bonds is 2. The Morgan fingerprint density at radius 2 is 2.18 bits per heavy atom. The summed E-state index contributed by atoms with van der Waals surface area (Å²) in [6, 6.07) is 5.66. The van der Waals surface area contributed by atoms with Gasteiger partial charge in [-0.3, -0.25) is 0 Å². The van der Waals surface area contributed by atoms with E-state index in [0.29, 0.717) is 12.1 Å². The Hall–Kier alpha value is -2.04. The molecule has 1 aromatic rings. The van der Waals surface area contributed by atoms with Gasteiger partial charge in [0.15, 0.2) is 11.5 Å². The highest BCUT2D eigenvalue weighted by Gasteiger charge is 2.30. The molecule has 17 heavy (non-hydrogen) atoms. The second kappa shape index (κ2) is 3.76. The number of ether oxygens (including phenoxy) is 2. The fraction of sp³-hybridized carbons (Fsp3) is 0.333. The summed E-state index contributed by atoms with van der Waals surface area (Å²) in [4.78, 5) is 16.1. The minimum atomic E-state index is -0.292. The van der Waals surface area contributed by atoms with Crippen LogP contribution in [0.15, 0.2) is 23.4 Å². The third kappa shape index (κ3) is 1.73. The molecule has 5 nitrogen and oxygen atoms in total. The maximum absolute atomic E-state index is 11.4. The third-order valence-electron chi connectivity index (χ3n) is 2.95. The summed E-state index contributed by atoms with van der Waals surface area (Å²) in [7, 11) is 0. The molecule has 0 saturated carbocycles. The first-order valence-corrected chi connectivity index (χ1v) is 5.38. The van der Waals surface area contributed by atoms with Crippen molar-refractivity contribution >= 4 is 11.7 Å². The average molecular weight is 233 g/mol. The van der Waals surface area contributed by atoms with E-state index in [4.69, 9.17) is 9.47 Å². The first-order valence-electron chi connectivity index (χ1n) is 5.38. The predicted octanol–water partition coefficient (Wildman–Crippen LogP) is 1.51. The van der Waals surface area contributed by atoms with Crippen molar-refractivity contribution in [2.75, 3.05) is 6.79 Å². The van der Waals surface area contributed by atoms with Crippen LogP contribution in [0.4, 0.5) is 0 Å². The van der Waals surface area contributed by atoms with E-state index in [0.717, 1.165) is 17.1 Å². The van der Waals surface area contributed by atoms with E-state index in [1.807, 2.05) is 18.2 Å². The van der Waals surface area contributed by atoms with Crippen molar-refractivity contribution in [2.45, 2.75) is 13.3 Å². The quantitative estimate of drug-likeness (QED) is 0.726. The van der Waals surface area contributed by atoms with Crippen molar-refractivity contribution < 1.29 is 19.1 Å². The summed E-state index contributed by atoms with van der Waals surface area (Å²) in [5, 5.41) is 3.68.